The van der Waals surface area contributed by atoms with Gasteiger partial charge in [0.05, 0.1) is 16.7 Å². The summed E-state index contributed by atoms with van der Waals surface area (Å²) >= 11 is 0. The van der Waals surface area contributed by atoms with E-state index in [0.29, 0.717) is 17.5 Å². The van der Waals surface area contributed by atoms with Gasteiger partial charge in [-0.15, -0.1) is 0 Å². The molecule has 0 aliphatic rings. The van der Waals surface area contributed by atoms with Crippen molar-refractivity contribution in [2.75, 3.05) is 0 Å². The van der Waals surface area contributed by atoms with Crippen molar-refractivity contribution in [2.45, 2.75) is 6.92 Å². The zero-order valence-electron chi connectivity index (χ0n) is 27.5. The second-order valence-electron chi connectivity index (χ2n) is 12.6. The average molecular weight is 641 g/mol. The molecule has 2 aromatic heterocycles. The lowest BCUT2D eigenvalue weighted by molar-refractivity contribution is 1.06. The minimum atomic E-state index is 0.621. The van der Waals surface area contributed by atoms with Gasteiger partial charge in [0.1, 0.15) is 0 Å². The highest BCUT2D eigenvalue weighted by atomic mass is 15.1. The van der Waals surface area contributed by atoms with Crippen LogP contribution in [0.2, 0.25) is 0 Å². The highest BCUT2D eigenvalue weighted by molar-refractivity contribution is 6.11. The van der Waals surface area contributed by atoms with Crippen molar-refractivity contribution < 1.29 is 0 Å². The van der Waals surface area contributed by atoms with E-state index >= 15 is 0 Å². The van der Waals surface area contributed by atoms with Gasteiger partial charge in [0, 0.05) is 27.5 Å². The number of aromatic nitrogens is 4. The third-order valence-corrected chi connectivity index (χ3v) is 9.31. The van der Waals surface area contributed by atoms with Crippen LogP contribution in [-0.2, 0) is 0 Å². The Balaban J connectivity index is 1.34. The van der Waals surface area contributed by atoms with Crippen LogP contribution in [0.1, 0.15) is 5.56 Å². The van der Waals surface area contributed by atoms with Gasteiger partial charge >= 0.3 is 0 Å². The maximum absolute atomic E-state index is 5.16. The molecule has 236 valence electrons. The summed E-state index contributed by atoms with van der Waals surface area (Å²) in [4.78, 5) is 15.3. The minimum absolute atomic E-state index is 0.621. The molecule has 0 fully saturated rings. The van der Waals surface area contributed by atoms with Gasteiger partial charge in [-0.1, -0.05) is 151 Å². The molecule has 9 rings (SSSR count). The average Bonchev–Trinajstić information content (AvgIpc) is 3.52. The van der Waals surface area contributed by atoms with Gasteiger partial charge in [-0.05, 0) is 59.5 Å². The fourth-order valence-electron chi connectivity index (χ4n) is 6.88. The summed E-state index contributed by atoms with van der Waals surface area (Å²) in [6.07, 6.45) is 0. The van der Waals surface area contributed by atoms with Gasteiger partial charge in [0.2, 0.25) is 0 Å². The normalized spacial score (nSPS) is 11.3. The Kier molecular flexibility index (Phi) is 7.33. The third-order valence-electron chi connectivity index (χ3n) is 9.31. The number of hydrogen-bond donors (Lipinski definition) is 0. The fourth-order valence-corrected chi connectivity index (χ4v) is 6.88. The lowest BCUT2D eigenvalue weighted by Crippen LogP contribution is -2.04. The number of hydrogen-bond acceptors (Lipinski definition) is 3. The lowest BCUT2D eigenvalue weighted by Gasteiger charge is -2.16. The smallest absolute Gasteiger partial charge is 0.166 e. The SMILES string of the molecule is Cc1cccc(-c2ccc(-c3nc(-c4ccccc4)nc(-c4ccccc4)n3)c(-n3c4ccccc4c4cc(-c5ccccc5)ccc43)c2)c1. The quantitative estimate of drug-likeness (QED) is 0.182. The fraction of sp³-hybridized carbons (Fsp3) is 0.0217. The number of para-hydroxylation sites is 1. The Morgan fingerprint density at radius 3 is 1.56 bits per heavy atom. The van der Waals surface area contributed by atoms with Gasteiger partial charge in [0.25, 0.3) is 0 Å². The Labute approximate surface area is 291 Å². The molecular formula is C46H32N4. The van der Waals surface area contributed by atoms with E-state index in [9.17, 15) is 0 Å². The molecule has 4 heteroatoms. The topological polar surface area (TPSA) is 43.6 Å². The molecule has 0 saturated heterocycles. The van der Waals surface area contributed by atoms with E-state index < -0.39 is 0 Å². The molecule has 0 atom stereocenters. The molecule has 9 aromatic rings. The van der Waals surface area contributed by atoms with Gasteiger partial charge in [0.15, 0.2) is 17.5 Å². The van der Waals surface area contributed by atoms with Gasteiger partial charge in [-0.25, -0.2) is 15.0 Å². The molecule has 4 nitrogen and oxygen atoms in total. The summed E-state index contributed by atoms with van der Waals surface area (Å²) < 4.78 is 2.38. The third kappa shape index (κ3) is 5.33. The first kappa shape index (κ1) is 29.5. The molecule has 0 bridgehead atoms. The van der Waals surface area contributed by atoms with E-state index in [1.807, 2.05) is 60.7 Å². The van der Waals surface area contributed by atoms with E-state index in [0.717, 1.165) is 44.5 Å². The molecule has 50 heavy (non-hydrogen) atoms. The van der Waals surface area contributed by atoms with Crippen LogP contribution in [0.4, 0.5) is 0 Å². The van der Waals surface area contributed by atoms with E-state index in [1.165, 1.54) is 27.5 Å². The summed E-state index contributed by atoms with van der Waals surface area (Å²) in [5, 5.41) is 2.39. The van der Waals surface area contributed by atoms with E-state index in [1.54, 1.807) is 0 Å². The number of aryl methyl sites for hydroxylation is 1. The first-order valence-electron chi connectivity index (χ1n) is 16.9. The highest BCUT2D eigenvalue weighted by Crippen LogP contribution is 2.39. The first-order chi connectivity index (χ1) is 24.7. The molecule has 0 spiro atoms. The maximum Gasteiger partial charge on any atom is 0.166 e. The van der Waals surface area contributed by atoms with Gasteiger partial charge in [-0.2, -0.15) is 0 Å². The Morgan fingerprint density at radius 1 is 0.360 bits per heavy atom. The number of nitrogens with zero attached hydrogens (tertiary/aromatic N) is 4. The molecule has 0 amide bonds. The van der Waals surface area contributed by atoms with Crippen molar-refractivity contribution in [2.24, 2.45) is 0 Å². The van der Waals surface area contributed by atoms with Crippen LogP contribution >= 0.6 is 0 Å². The molecule has 2 heterocycles. The van der Waals surface area contributed by atoms with Crippen LogP contribution in [-0.4, -0.2) is 19.5 Å². The van der Waals surface area contributed by atoms with Crippen molar-refractivity contribution in [3.05, 3.63) is 181 Å². The Hall–Kier alpha value is -6.65. The molecule has 7 aromatic carbocycles. The summed E-state index contributed by atoms with van der Waals surface area (Å²) in [5.41, 5.74) is 11.9. The van der Waals surface area contributed by atoms with Crippen LogP contribution < -0.4 is 0 Å². The highest BCUT2D eigenvalue weighted by Gasteiger charge is 2.20. The number of fused-ring (bicyclic) bond motifs is 3. The lowest BCUT2D eigenvalue weighted by atomic mass is 10.00. The largest absolute Gasteiger partial charge is 0.308 e. The number of benzene rings is 7. The van der Waals surface area contributed by atoms with Crippen molar-refractivity contribution in [3.8, 4) is 62.1 Å². The van der Waals surface area contributed by atoms with Crippen LogP contribution in [0.25, 0.3) is 83.9 Å². The summed E-state index contributed by atoms with van der Waals surface area (Å²) in [5.74, 6) is 1.89. The summed E-state index contributed by atoms with van der Waals surface area (Å²) in [7, 11) is 0. The zero-order valence-corrected chi connectivity index (χ0v) is 27.5. The standard InChI is InChI=1S/C46H32N4/c1-31-14-13-21-35(28-31)37-24-26-39(46-48-44(33-17-7-3-8-18-33)47-45(49-46)34-19-9-4-10-20-34)43(30-37)50-41-23-12-11-22-38(41)40-29-36(25-27-42(40)50)32-15-5-2-6-16-32/h2-30H,1H3. The van der Waals surface area contributed by atoms with Gasteiger partial charge < -0.3 is 4.57 Å². The molecule has 0 saturated carbocycles. The molecule has 0 unspecified atom stereocenters. The second-order valence-corrected chi connectivity index (χ2v) is 12.6. The van der Waals surface area contributed by atoms with Crippen LogP contribution in [0, 0.1) is 6.92 Å². The molecule has 0 aliphatic heterocycles. The van der Waals surface area contributed by atoms with Crippen LogP contribution in [0.15, 0.2) is 176 Å². The van der Waals surface area contributed by atoms with Gasteiger partial charge in [-0.3, -0.25) is 0 Å². The van der Waals surface area contributed by atoms with Crippen molar-refractivity contribution >= 4 is 21.8 Å². The molecule has 0 aliphatic carbocycles. The Morgan fingerprint density at radius 2 is 0.880 bits per heavy atom. The van der Waals surface area contributed by atoms with Crippen molar-refractivity contribution in [1.29, 1.82) is 0 Å². The van der Waals surface area contributed by atoms with E-state index in [2.05, 4.69) is 127 Å². The zero-order chi connectivity index (χ0) is 33.4. The first-order valence-corrected chi connectivity index (χ1v) is 16.9. The summed E-state index contributed by atoms with van der Waals surface area (Å²) in [6, 6.07) is 61.6. The minimum Gasteiger partial charge on any atom is -0.308 e. The summed E-state index contributed by atoms with van der Waals surface area (Å²) in [6.45, 7) is 2.14. The molecule has 0 radical (unpaired) electrons. The Bertz CT molecular complexity index is 2590. The second kappa shape index (κ2) is 12.4. The monoisotopic (exact) mass is 640 g/mol. The van der Waals surface area contributed by atoms with Crippen molar-refractivity contribution in [1.82, 2.24) is 19.5 Å². The predicted molar refractivity (Wildman–Crippen MR) is 206 cm³/mol. The predicted octanol–water partition coefficient (Wildman–Crippen LogP) is 11.6. The molecular weight excluding hydrogens is 609 g/mol. The van der Waals surface area contributed by atoms with Crippen molar-refractivity contribution in [3.63, 3.8) is 0 Å². The van der Waals surface area contributed by atoms with Crippen LogP contribution in [0.3, 0.4) is 0 Å². The maximum atomic E-state index is 5.16. The van der Waals surface area contributed by atoms with E-state index in [4.69, 9.17) is 15.0 Å². The number of rotatable bonds is 6. The van der Waals surface area contributed by atoms with E-state index in [-0.39, 0.29) is 0 Å². The molecule has 0 N–H and O–H groups in total. The van der Waals surface area contributed by atoms with Crippen LogP contribution in [0.5, 0.6) is 0 Å².